The van der Waals surface area contributed by atoms with Gasteiger partial charge in [0.1, 0.15) is 0 Å². The number of nitrogens with zero attached hydrogens (tertiary/aromatic N) is 1. The molecular weight excluding hydrogens is 396 g/mol. The van der Waals surface area contributed by atoms with Gasteiger partial charge >= 0.3 is 6.09 Å². The topological polar surface area (TPSA) is 124 Å². The first-order valence-corrected chi connectivity index (χ1v) is 9.55. The Balaban J connectivity index is 1.94. The van der Waals surface area contributed by atoms with Crippen LogP contribution in [-0.4, -0.2) is 34.2 Å². The predicted molar refractivity (Wildman–Crippen MR) is 120 cm³/mol. The van der Waals surface area contributed by atoms with Crippen molar-refractivity contribution in [2.24, 2.45) is 0 Å². The molecule has 0 spiro atoms. The fourth-order valence-corrected chi connectivity index (χ4v) is 3.56. The molecule has 5 N–H and O–H groups in total. The summed E-state index contributed by atoms with van der Waals surface area (Å²) in [6.07, 6.45) is -1.20. The maximum atomic E-state index is 12.4. The highest BCUT2D eigenvalue weighted by Gasteiger charge is 2.16. The number of amides is 2. The lowest BCUT2D eigenvalue weighted by molar-refractivity contribution is 0.0964. The van der Waals surface area contributed by atoms with Gasteiger partial charge in [0.2, 0.25) is 0 Å². The molecule has 0 saturated carbocycles. The normalized spacial score (nSPS) is 10.8. The molecule has 3 aromatic carbocycles. The van der Waals surface area contributed by atoms with E-state index in [1.165, 1.54) is 0 Å². The van der Waals surface area contributed by atoms with Crippen LogP contribution in [0.2, 0.25) is 0 Å². The molecule has 31 heavy (non-hydrogen) atoms. The third-order valence-corrected chi connectivity index (χ3v) is 4.88. The largest absolute Gasteiger partial charge is 0.465 e. The van der Waals surface area contributed by atoms with E-state index in [1.807, 2.05) is 30.3 Å². The van der Waals surface area contributed by atoms with Crippen molar-refractivity contribution >= 4 is 50.9 Å². The molecule has 156 valence electrons. The van der Waals surface area contributed by atoms with E-state index >= 15 is 0 Å². The van der Waals surface area contributed by atoms with Gasteiger partial charge in [0, 0.05) is 29.2 Å². The number of aliphatic hydroxyl groups is 1. The monoisotopic (exact) mass is 416 g/mol. The zero-order chi connectivity index (χ0) is 22.0. The van der Waals surface area contributed by atoms with Gasteiger partial charge in [0.15, 0.2) is 0 Å². The lowest BCUT2D eigenvalue weighted by atomic mass is 10.0. The zero-order valence-corrected chi connectivity index (χ0v) is 16.6. The molecule has 0 aliphatic heterocycles. The van der Waals surface area contributed by atoms with Gasteiger partial charge in [-0.15, -0.1) is 0 Å². The molecule has 0 radical (unpaired) electrons. The highest BCUT2D eigenvalue weighted by atomic mass is 16.4. The maximum absolute atomic E-state index is 12.4. The Kier molecular flexibility index (Phi) is 5.38. The summed E-state index contributed by atoms with van der Waals surface area (Å²) in [6.45, 7) is -0.248. The fraction of sp³-hybridized carbons (Fsp3) is 0.0870. The summed E-state index contributed by atoms with van der Waals surface area (Å²) in [5.41, 5.74) is 3.88. The van der Waals surface area contributed by atoms with Crippen molar-refractivity contribution < 1.29 is 19.8 Å². The molecule has 4 rings (SSSR count). The van der Waals surface area contributed by atoms with Crippen LogP contribution in [0.15, 0.2) is 60.7 Å². The van der Waals surface area contributed by atoms with Gasteiger partial charge in [0.25, 0.3) is 5.91 Å². The van der Waals surface area contributed by atoms with Crippen molar-refractivity contribution in [2.45, 2.75) is 6.61 Å². The van der Waals surface area contributed by atoms with E-state index in [9.17, 15) is 14.7 Å². The summed E-state index contributed by atoms with van der Waals surface area (Å²) in [5, 5.41) is 28.5. The van der Waals surface area contributed by atoms with E-state index < -0.39 is 6.09 Å². The van der Waals surface area contributed by atoms with Gasteiger partial charge in [-0.05, 0) is 35.9 Å². The summed E-state index contributed by atoms with van der Waals surface area (Å²) in [7, 11) is 1.57. The Morgan fingerprint density at radius 3 is 2.45 bits per heavy atom. The number of para-hydroxylation sites is 2. The van der Waals surface area contributed by atoms with Gasteiger partial charge in [0.05, 0.1) is 28.9 Å². The SMILES string of the molecule is CNC(=O)c1cccc2c(Nc3cc(CO)cc(NC(=O)O)c3)c3ccccc3nc12. The Hall–Kier alpha value is -4.17. The van der Waals surface area contributed by atoms with Crippen molar-refractivity contribution in [3.63, 3.8) is 0 Å². The number of carbonyl (C=O) groups excluding carboxylic acids is 1. The van der Waals surface area contributed by atoms with Crippen LogP contribution < -0.4 is 16.0 Å². The number of nitrogens with one attached hydrogen (secondary N) is 3. The van der Waals surface area contributed by atoms with Crippen LogP contribution in [0.25, 0.3) is 21.8 Å². The number of carbonyl (C=O) groups is 2. The molecule has 4 aromatic rings. The minimum absolute atomic E-state index is 0.241. The van der Waals surface area contributed by atoms with Gasteiger partial charge in [-0.25, -0.2) is 9.78 Å². The summed E-state index contributed by atoms with van der Waals surface area (Å²) >= 11 is 0. The zero-order valence-electron chi connectivity index (χ0n) is 16.6. The second-order valence-electron chi connectivity index (χ2n) is 6.92. The molecule has 2 amide bonds. The Labute approximate surface area is 177 Å². The second kappa shape index (κ2) is 8.29. The first-order valence-electron chi connectivity index (χ1n) is 9.55. The lowest BCUT2D eigenvalue weighted by Crippen LogP contribution is -2.18. The van der Waals surface area contributed by atoms with Crippen LogP contribution in [0.5, 0.6) is 0 Å². The average molecular weight is 416 g/mol. The predicted octanol–water partition coefficient (Wildman–Crippen LogP) is 4.07. The number of benzene rings is 3. The smallest absolute Gasteiger partial charge is 0.409 e. The van der Waals surface area contributed by atoms with Crippen molar-refractivity contribution in [3.8, 4) is 0 Å². The third kappa shape index (κ3) is 3.96. The molecule has 8 heteroatoms. The van der Waals surface area contributed by atoms with E-state index in [-0.39, 0.29) is 12.5 Å². The van der Waals surface area contributed by atoms with Gasteiger partial charge in [-0.3, -0.25) is 10.1 Å². The van der Waals surface area contributed by atoms with Crippen LogP contribution in [0.4, 0.5) is 21.9 Å². The fourth-order valence-electron chi connectivity index (χ4n) is 3.56. The molecule has 1 aromatic heterocycles. The molecule has 8 nitrogen and oxygen atoms in total. The van der Waals surface area contributed by atoms with Gasteiger partial charge in [-0.2, -0.15) is 0 Å². The summed E-state index contributed by atoms with van der Waals surface area (Å²) in [6, 6.07) is 17.9. The van der Waals surface area contributed by atoms with Crippen LogP contribution >= 0.6 is 0 Å². The van der Waals surface area contributed by atoms with Gasteiger partial charge in [-0.1, -0.05) is 30.3 Å². The molecule has 0 unspecified atom stereocenters. The Bertz CT molecular complexity index is 1320. The maximum Gasteiger partial charge on any atom is 0.409 e. The molecule has 0 bridgehead atoms. The Morgan fingerprint density at radius 2 is 1.71 bits per heavy atom. The molecule has 0 aliphatic rings. The van der Waals surface area contributed by atoms with Crippen LogP contribution in [0.1, 0.15) is 15.9 Å². The van der Waals surface area contributed by atoms with Crippen molar-refractivity contribution in [1.82, 2.24) is 10.3 Å². The van der Waals surface area contributed by atoms with Crippen molar-refractivity contribution in [1.29, 1.82) is 0 Å². The number of carboxylic acid groups (broad SMARTS) is 1. The third-order valence-electron chi connectivity index (χ3n) is 4.88. The summed E-state index contributed by atoms with van der Waals surface area (Å²) < 4.78 is 0. The molecule has 0 fully saturated rings. The second-order valence-corrected chi connectivity index (χ2v) is 6.92. The van der Waals surface area contributed by atoms with Crippen molar-refractivity contribution in [2.75, 3.05) is 17.7 Å². The number of aliphatic hydroxyl groups excluding tert-OH is 1. The number of hydrogen-bond acceptors (Lipinski definition) is 5. The highest BCUT2D eigenvalue weighted by molar-refractivity contribution is 6.14. The number of aromatic nitrogens is 1. The number of fused-ring (bicyclic) bond motifs is 2. The van der Waals surface area contributed by atoms with Crippen LogP contribution in [-0.2, 0) is 6.61 Å². The van der Waals surface area contributed by atoms with Crippen molar-refractivity contribution in [3.05, 3.63) is 71.8 Å². The minimum atomic E-state index is -1.20. The first-order chi connectivity index (χ1) is 15.0. The van der Waals surface area contributed by atoms with E-state index in [0.717, 1.165) is 16.5 Å². The molecule has 0 aliphatic carbocycles. The lowest BCUT2D eigenvalue weighted by Gasteiger charge is -2.16. The number of hydrogen-bond donors (Lipinski definition) is 5. The first kappa shape index (κ1) is 20.1. The summed E-state index contributed by atoms with van der Waals surface area (Å²) in [5.74, 6) is -0.241. The number of rotatable bonds is 5. The molecule has 0 atom stereocenters. The summed E-state index contributed by atoms with van der Waals surface area (Å²) in [4.78, 5) is 28.2. The van der Waals surface area contributed by atoms with Crippen LogP contribution in [0, 0.1) is 0 Å². The average Bonchev–Trinajstić information content (AvgIpc) is 2.77. The van der Waals surface area contributed by atoms with E-state index in [2.05, 4.69) is 16.0 Å². The number of pyridine rings is 1. The standard InChI is InChI=1S/C23H20N4O4/c1-24-22(29)18-7-4-6-17-20(16-5-2-3-8-19(16)27-21(17)18)25-14-9-13(12-28)10-15(11-14)26-23(30)31/h2-11,26,28H,12H2,1H3,(H,24,29)(H,25,27)(H,30,31). The van der Waals surface area contributed by atoms with E-state index in [1.54, 1.807) is 37.4 Å². The minimum Gasteiger partial charge on any atom is -0.465 e. The van der Waals surface area contributed by atoms with E-state index in [0.29, 0.717) is 33.5 Å². The highest BCUT2D eigenvalue weighted by Crippen LogP contribution is 2.35. The van der Waals surface area contributed by atoms with E-state index in [4.69, 9.17) is 10.1 Å². The quantitative estimate of drug-likeness (QED) is 0.313. The molecule has 1 heterocycles. The van der Waals surface area contributed by atoms with Gasteiger partial charge < -0.3 is 20.8 Å². The number of anilines is 3. The Morgan fingerprint density at radius 1 is 0.968 bits per heavy atom. The molecular formula is C23H20N4O4. The molecule has 0 saturated heterocycles. The van der Waals surface area contributed by atoms with Crippen LogP contribution in [0.3, 0.4) is 0 Å².